The Balaban J connectivity index is 1.96. The van der Waals surface area contributed by atoms with Crippen LogP contribution in [0, 0.1) is 5.92 Å². The van der Waals surface area contributed by atoms with E-state index < -0.39 is 12.6 Å². The number of carbonyl (C=O) groups is 1. The Labute approximate surface area is 112 Å². The molecule has 2 atom stereocenters. The zero-order valence-corrected chi connectivity index (χ0v) is 11.2. The van der Waals surface area contributed by atoms with Crippen molar-refractivity contribution in [1.82, 2.24) is 4.90 Å². The molecule has 19 heavy (non-hydrogen) atoms. The van der Waals surface area contributed by atoms with Crippen LogP contribution in [-0.2, 0) is 4.79 Å². The molecule has 0 aromatic carbocycles. The average Bonchev–Trinajstić information content (AvgIpc) is 2.37. The predicted octanol–water partition coefficient (Wildman–Crippen LogP) is 3.55. The van der Waals surface area contributed by atoms with Crippen LogP contribution >= 0.6 is 0 Å². The summed E-state index contributed by atoms with van der Waals surface area (Å²) in [6, 6.07) is 0.0592. The maximum atomic E-state index is 12.4. The van der Waals surface area contributed by atoms with Gasteiger partial charge in [-0.1, -0.05) is 12.8 Å². The van der Waals surface area contributed by atoms with Crippen LogP contribution in [0.4, 0.5) is 13.2 Å². The third-order valence-corrected chi connectivity index (χ3v) is 4.41. The average molecular weight is 277 g/mol. The van der Waals surface area contributed by atoms with Crippen LogP contribution in [0.2, 0.25) is 0 Å². The van der Waals surface area contributed by atoms with Gasteiger partial charge in [0.05, 0.1) is 6.42 Å². The molecular formula is C14H22F3NO. The molecule has 2 rings (SSSR count). The molecule has 1 saturated carbocycles. The van der Waals surface area contributed by atoms with Crippen LogP contribution in [0.5, 0.6) is 0 Å². The smallest absolute Gasteiger partial charge is 0.299 e. The van der Waals surface area contributed by atoms with Gasteiger partial charge < -0.3 is 0 Å². The number of hydrogen-bond donors (Lipinski definition) is 0. The summed E-state index contributed by atoms with van der Waals surface area (Å²) in [5.74, 6) is 0.262. The summed E-state index contributed by atoms with van der Waals surface area (Å²) < 4.78 is 37.1. The first-order valence-electron chi connectivity index (χ1n) is 7.31. The Morgan fingerprint density at radius 2 is 1.84 bits per heavy atom. The number of nitrogens with zero attached hydrogens (tertiary/aromatic N) is 1. The van der Waals surface area contributed by atoms with E-state index in [-0.39, 0.29) is 24.3 Å². The van der Waals surface area contributed by atoms with E-state index in [1.165, 1.54) is 0 Å². The Bertz CT molecular complexity index is 316. The molecule has 2 unspecified atom stereocenters. The fourth-order valence-corrected chi connectivity index (χ4v) is 3.44. The van der Waals surface area contributed by atoms with Gasteiger partial charge in [-0.15, -0.1) is 0 Å². The highest BCUT2D eigenvalue weighted by atomic mass is 19.4. The highest BCUT2D eigenvalue weighted by Crippen LogP contribution is 2.32. The van der Waals surface area contributed by atoms with Crippen LogP contribution in [0.1, 0.15) is 51.4 Å². The highest BCUT2D eigenvalue weighted by Gasteiger charge is 2.37. The summed E-state index contributed by atoms with van der Waals surface area (Å²) in [7, 11) is 0. The fourth-order valence-electron chi connectivity index (χ4n) is 3.44. The Hall–Kier alpha value is -0.580. The van der Waals surface area contributed by atoms with Gasteiger partial charge in [-0.3, -0.25) is 9.69 Å². The van der Waals surface area contributed by atoms with Crippen LogP contribution in [0.25, 0.3) is 0 Å². The molecule has 0 aromatic heterocycles. The third kappa shape index (κ3) is 4.20. The van der Waals surface area contributed by atoms with Gasteiger partial charge in [0, 0.05) is 24.9 Å². The van der Waals surface area contributed by atoms with Crippen LogP contribution in [0.3, 0.4) is 0 Å². The van der Waals surface area contributed by atoms with Crippen LogP contribution in [0.15, 0.2) is 0 Å². The molecule has 2 aliphatic rings. The minimum Gasteiger partial charge on any atom is -0.299 e. The van der Waals surface area contributed by atoms with Gasteiger partial charge in [0.15, 0.2) is 0 Å². The van der Waals surface area contributed by atoms with Crippen molar-refractivity contribution in [3.8, 4) is 0 Å². The molecule has 5 heteroatoms. The lowest BCUT2D eigenvalue weighted by Crippen LogP contribution is -2.48. The molecule has 0 bridgehead atoms. The SMILES string of the molecule is O=C1CCCCC1C1CCCCN1CCC(F)(F)F. The number of hydrogen-bond acceptors (Lipinski definition) is 2. The second-order valence-electron chi connectivity index (χ2n) is 5.78. The lowest BCUT2D eigenvalue weighted by Gasteiger charge is -2.41. The van der Waals surface area contributed by atoms with E-state index in [1.54, 1.807) is 0 Å². The molecule has 0 amide bonds. The third-order valence-electron chi connectivity index (χ3n) is 4.41. The summed E-state index contributed by atoms with van der Waals surface area (Å²) in [4.78, 5) is 13.9. The molecule has 2 fully saturated rings. The molecule has 110 valence electrons. The van der Waals surface area contributed by atoms with Crippen molar-refractivity contribution in [3.05, 3.63) is 0 Å². The van der Waals surface area contributed by atoms with Gasteiger partial charge in [0.1, 0.15) is 5.78 Å². The van der Waals surface area contributed by atoms with Gasteiger partial charge in [0.25, 0.3) is 0 Å². The summed E-state index contributed by atoms with van der Waals surface area (Å²) >= 11 is 0. The first kappa shape index (κ1) is 14.8. The van der Waals surface area contributed by atoms with Gasteiger partial charge >= 0.3 is 6.18 Å². The molecular weight excluding hydrogens is 255 g/mol. The van der Waals surface area contributed by atoms with Crippen LogP contribution < -0.4 is 0 Å². The zero-order valence-electron chi connectivity index (χ0n) is 11.2. The number of alkyl halides is 3. The highest BCUT2D eigenvalue weighted by molar-refractivity contribution is 5.82. The number of Topliss-reactive ketones (excluding diaryl/α,β-unsaturated/α-hetero) is 1. The van der Waals surface area contributed by atoms with Crippen molar-refractivity contribution < 1.29 is 18.0 Å². The maximum Gasteiger partial charge on any atom is 0.390 e. The minimum atomic E-state index is -4.10. The van der Waals surface area contributed by atoms with Crippen molar-refractivity contribution in [3.63, 3.8) is 0 Å². The van der Waals surface area contributed by atoms with E-state index in [1.807, 2.05) is 4.90 Å². The largest absolute Gasteiger partial charge is 0.390 e. The van der Waals surface area contributed by atoms with Gasteiger partial charge in [0.2, 0.25) is 0 Å². The normalized spacial score (nSPS) is 30.6. The van der Waals surface area contributed by atoms with E-state index in [0.29, 0.717) is 13.0 Å². The molecule has 1 saturated heterocycles. The summed E-state index contributed by atoms with van der Waals surface area (Å²) in [6.07, 6.45) is 1.49. The second-order valence-corrected chi connectivity index (χ2v) is 5.78. The van der Waals surface area contributed by atoms with Crippen LogP contribution in [-0.4, -0.2) is 36.0 Å². The fraction of sp³-hybridized carbons (Fsp3) is 0.929. The monoisotopic (exact) mass is 277 g/mol. The van der Waals surface area contributed by atoms with Gasteiger partial charge in [-0.2, -0.15) is 13.2 Å². The molecule has 1 aliphatic heterocycles. The van der Waals surface area contributed by atoms with E-state index in [0.717, 1.165) is 38.5 Å². The Morgan fingerprint density at radius 3 is 2.53 bits per heavy atom. The maximum absolute atomic E-state index is 12.4. The van der Waals surface area contributed by atoms with E-state index in [2.05, 4.69) is 0 Å². The lowest BCUT2D eigenvalue weighted by molar-refractivity contribution is -0.142. The molecule has 0 spiro atoms. The summed E-state index contributed by atoms with van der Waals surface area (Å²) in [5.41, 5.74) is 0. The van der Waals surface area contributed by atoms with Gasteiger partial charge in [-0.25, -0.2) is 0 Å². The van der Waals surface area contributed by atoms with Gasteiger partial charge in [-0.05, 0) is 32.2 Å². The molecule has 0 N–H and O–H groups in total. The van der Waals surface area contributed by atoms with Crippen molar-refractivity contribution in [2.75, 3.05) is 13.1 Å². The van der Waals surface area contributed by atoms with Crippen molar-refractivity contribution in [2.24, 2.45) is 5.92 Å². The molecule has 1 heterocycles. The predicted molar refractivity (Wildman–Crippen MR) is 66.8 cm³/mol. The first-order valence-corrected chi connectivity index (χ1v) is 7.31. The number of carbonyl (C=O) groups excluding carboxylic acids is 1. The topological polar surface area (TPSA) is 20.3 Å². The van der Waals surface area contributed by atoms with Crippen molar-refractivity contribution in [1.29, 1.82) is 0 Å². The lowest BCUT2D eigenvalue weighted by atomic mass is 9.79. The van der Waals surface area contributed by atoms with Crippen molar-refractivity contribution in [2.45, 2.75) is 63.6 Å². The summed E-state index contributed by atoms with van der Waals surface area (Å²) in [5, 5.41) is 0. The molecule has 0 radical (unpaired) electrons. The number of likely N-dealkylation sites (tertiary alicyclic amines) is 1. The number of ketones is 1. The summed E-state index contributed by atoms with van der Waals surface area (Å²) in [6.45, 7) is 0.766. The number of halogens is 3. The number of piperidine rings is 1. The first-order chi connectivity index (χ1) is 8.97. The minimum absolute atomic E-state index is 0.0118. The molecule has 0 aromatic rings. The zero-order chi connectivity index (χ0) is 13.9. The molecule has 1 aliphatic carbocycles. The Kier molecular flexibility index (Phi) is 4.87. The quantitative estimate of drug-likeness (QED) is 0.786. The van der Waals surface area contributed by atoms with E-state index >= 15 is 0 Å². The van der Waals surface area contributed by atoms with E-state index in [4.69, 9.17) is 0 Å². The standard InChI is InChI=1S/C14H22F3NO/c15-14(16,17)8-10-18-9-4-3-6-12(18)11-5-1-2-7-13(11)19/h11-12H,1-10H2. The van der Waals surface area contributed by atoms with E-state index in [9.17, 15) is 18.0 Å². The molecule has 2 nitrogen and oxygen atoms in total. The number of rotatable bonds is 3. The van der Waals surface area contributed by atoms with Crippen molar-refractivity contribution >= 4 is 5.78 Å². The second kappa shape index (κ2) is 6.25. The Morgan fingerprint density at radius 1 is 1.11 bits per heavy atom.